The first-order valence-corrected chi connectivity index (χ1v) is 6.22. The van der Waals surface area contributed by atoms with Gasteiger partial charge in [-0.15, -0.1) is 0 Å². The van der Waals surface area contributed by atoms with E-state index in [4.69, 9.17) is 11.6 Å². The van der Waals surface area contributed by atoms with Crippen LogP contribution in [0.25, 0.3) is 0 Å². The summed E-state index contributed by atoms with van der Waals surface area (Å²) in [6, 6.07) is 1.62. The molecule has 0 aliphatic rings. The lowest BCUT2D eigenvalue weighted by Crippen LogP contribution is -2.25. The molecule has 0 atom stereocenters. The minimum atomic E-state index is -1.08. The summed E-state index contributed by atoms with van der Waals surface area (Å²) in [5.41, 5.74) is -0.0416. The summed E-state index contributed by atoms with van der Waals surface area (Å²) in [5.74, 6) is -2.06. The van der Waals surface area contributed by atoms with Gasteiger partial charge in [-0.2, -0.15) is 0 Å². The highest BCUT2D eigenvalue weighted by Gasteiger charge is 2.14. The summed E-state index contributed by atoms with van der Waals surface area (Å²) < 4.78 is 25.8. The van der Waals surface area contributed by atoms with E-state index in [1.54, 1.807) is 0 Å². The quantitative estimate of drug-likeness (QED) is 0.643. The van der Waals surface area contributed by atoms with Crippen LogP contribution >= 0.6 is 11.6 Å². The lowest BCUT2D eigenvalue weighted by molar-refractivity contribution is 0.0952. The van der Waals surface area contributed by atoms with Gasteiger partial charge in [-0.1, -0.05) is 25.4 Å². The summed E-state index contributed by atoms with van der Waals surface area (Å²) in [4.78, 5) is 11.7. The van der Waals surface area contributed by atoms with E-state index in [0.717, 1.165) is 25.0 Å². The molecule has 1 aromatic carbocycles. The van der Waals surface area contributed by atoms with Crippen molar-refractivity contribution in [2.75, 3.05) is 6.54 Å². The maximum atomic E-state index is 13.0. The highest BCUT2D eigenvalue weighted by atomic mass is 35.5. The van der Waals surface area contributed by atoms with Gasteiger partial charge in [0.05, 0.1) is 10.6 Å². The summed E-state index contributed by atoms with van der Waals surface area (Å²) in [6.45, 7) is 4.68. The summed E-state index contributed by atoms with van der Waals surface area (Å²) >= 11 is 5.69. The number of hydrogen-bond donors (Lipinski definition) is 1. The first-order chi connectivity index (χ1) is 8.41. The minimum absolute atomic E-state index is 0.0416. The van der Waals surface area contributed by atoms with Gasteiger partial charge in [0.2, 0.25) is 0 Å². The molecule has 0 radical (unpaired) electrons. The van der Waals surface area contributed by atoms with Crippen molar-refractivity contribution in [2.45, 2.75) is 26.7 Å². The minimum Gasteiger partial charge on any atom is -0.352 e. The molecule has 100 valence electrons. The van der Waals surface area contributed by atoms with E-state index in [2.05, 4.69) is 19.2 Å². The van der Waals surface area contributed by atoms with Gasteiger partial charge in [0.15, 0.2) is 11.6 Å². The van der Waals surface area contributed by atoms with Crippen LogP contribution in [0.5, 0.6) is 0 Å². The molecule has 0 bridgehead atoms. The number of carbonyl (C=O) groups is 1. The Kier molecular flexibility index (Phi) is 5.54. The lowest BCUT2D eigenvalue weighted by Gasteiger charge is -2.08. The van der Waals surface area contributed by atoms with Crippen molar-refractivity contribution in [1.29, 1.82) is 0 Å². The number of rotatable bonds is 5. The molecular formula is C13H16ClF2NO. The number of carbonyl (C=O) groups excluding carboxylic acids is 1. The SMILES string of the molecule is CC(C)CCCNC(=O)c1cc(F)c(F)cc1Cl. The molecule has 0 unspecified atom stereocenters. The molecule has 1 aromatic rings. The fourth-order valence-corrected chi connectivity index (χ4v) is 1.74. The summed E-state index contributed by atoms with van der Waals surface area (Å²) in [7, 11) is 0. The Labute approximate surface area is 110 Å². The molecule has 2 nitrogen and oxygen atoms in total. The van der Waals surface area contributed by atoms with Crippen LogP contribution in [-0.2, 0) is 0 Å². The summed E-state index contributed by atoms with van der Waals surface area (Å²) in [6.07, 6.45) is 1.83. The topological polar surface area (TPSA) is 29.1 Å². The number of amides is 1. The van der Waals surface area contributed by atoms with Crippen LogP contribution < -0.4 is 5.32 Å². The van der Waals surface area contributed by atoms with Crippen molar-refractivity contribution < 1.29 is 13.6 Å². The zero-order valence-corrected chi connectivity index (χ0v) is 11.2. The molecule has 0 heterocycles. The third-order valence-electron chi connectivity index (χ3n) is 2.50. The van der Waals surface area contributed by atoms with Gasteiger partial charge < -0.3 is 5.32 Å². The van der Waals surface area contributed by atoms with E-state index >= 15 is 0 Å². The molecule has 1 rings (SSSR count). The van der Waals surface area contributed by atoms with Gasteiger partial charge >= 0.3 is 0 Å². The van der Waals surface area contributed by atoms with E-state index in [9.17, 15) is 13.6 Å². The van der Waals surface area contributed by atoms with Gasteiger partial charge in [0.25, 0.3) is 5.91 Å². The van der Waals surface area contributed by atoms with Crippen molar-refractivity contribution in [2.24, 2.45) is 5.92 Å². The highest BCUT2D eigenvalue weighted by Crippen LogP contribution is 2.19. The van der Waals surface area contributed by atoms with Crippen LogP contribution in [0.4, 0.5) is 8.78 Å². The number of halogens is 3. The predicted octanol–water partition coefficient (Wildman–Crippen LogP) is 3.78. The maximum Gasteiger partial charge on any atom is 0.252 e. The lowest BCUT2D eigenvalue weighted by atomic mass is 10.1. The molecule has 0 spiro atoms. The number of hydrogen-bond acceptors (Lipinski definition) is 1. The summed E-state index contributed by atoms with van der Waals surface area (Å²) in [5, 5.41) is 2.54. The normalized spacial score (nSPS) is 10.8. The van der Waals surface area contributed by atoms with Crippen LogP contribution in [0.1, 0.15) is 37.0 Å². The van der Waals surface area contributed by atoms with E-state index < -0.39 is 17.5 Å². The Morgan fingerprint density at radius 1 is 1.33 bits per heavy atom. The van der Waals surface area contributed by atoms with Crippen LogP contribution in [0.3, 0.4) is 0 Å². The van der Waals surface area contributed by atoms with Crippen molar-refractivity contribution in [3.05, 3.63) is 34.4 Å². The fraction of sp³-hybridized carbons (Fsp3) is 0.462. The number of benzene rings is 1. The molecule has 5 heteroatoms. The average Bonchev–Trinajstić information content (AvgIpc) is 2.28. The molecular weight excluding hydrogens is 260 g/mol. The zero-order chi connectivity index (χ0) is 13.7. The third-order valence-corrected chi connectivity index (χ3v) is 2.81. The van der Waals surface area contributed by atoms with Crippen molar-refractivity contribution in [3.8, 4) is 0 Å². The Hall–Kier alpha value is -1.16. The third kappa shape index (κ3) is 4.26. The van der Waals surface area contributed by atoms with Crippen LogP contribution in [-0.4, -0.2) is 12.5 Å². The van der Waals surface area contributed by atoms with Crippen LogP contribution in [0.2, 0.25) is 5.02 Å². The largest absolute Gasteiger partial charge is 0.352 e. The first kappa shape index (κ1) is 14.9. The van der Waals surface area contributed by atoms with Crippen molar-refractivity contribution in [1.82, 2.24) is 5.32 Å². The second kappa shape index (κ2) is 6.69. The highest BCUT2D eigenvalue weighted by molar-refractivity contribution is 6.33. The van der Waals surface area contributed by atoms with Crippen LogP contribution in [0.15, 0.2) is 12.1 Å². The zero-order valence-electron chi connectivity index (χ0n) is 10.4. The van der Waals surface area contributed by atoms with E-state index in [1.165, 1.54) is 0 Å². The second-order valence-electron chi connectivity index (χ2n) is 4.54. The molecule has 1 amide bonds. The molecule has 0 fully saturated rings. The molecule has 18 heavy (non-hydrogen) atoms. The molecule has 0 aliphatic heterocycles. The molecule has 0 aliphatic carbocycles. The smallest absolute Gasteiger partial charge is 0.252 e. The van der Waals surface area contributed by atoms with Gasteiger partial charge in [0, 0.05) is 6.54 Å². The van der Waals surface area contributed by atoms with Crippen molar-refractivity contribution in [3.63, 3.8) is 0 Å². The second-order valence-corrected chi connectivity index (χ2v) is 4.95. The Morgan fingerprint density at radius 2 is 1.94 bits per heavy atom. The van der Waals surface area contributed by atoms with E-state index in [0.29, 0.717) is 12.5 Å². The Morgan fingerprint density at radius 3 is 2.56 bits per heavy atom. The molecule has 1 N–H and O–H groups in total. The first-order valence-electron chi connectivity index (χ1n) is 5.84. The van der Waals surface area contributed by atoms with E-state index in [1.807, 2.05) is 0 Å². The van der Waals surface area contributed by atoms with Gasteiger partial charge in [-0.05, 0) is 30.9 Å². The van der Waals surface area contributed by atoms with E-state index in [-0.39, 0.29) is 10.6 Å². The standard InChI is InChI=1S/C13H16ClF2NO/c1-8(2)4-3-5-17-13(18)9-6-11(15)12(16)7-10(9)14/h6-8H,3-5H2,1-2H3,(H,17,18). The van der Waals surface area contributed by atoms with Gasteiger partial charge in [-0.25, -0.2) is 8.78 Å². The van der Waals surface area contributed by atoms with Crippen LogP contribution in [0, 0.1) is 17.6 Å². The molecule has 0 saturated carbocycles. The molecule has 0 saturated heterocycles. The fourth-order valence-electron chi connectivity index (χ4n) is 1.50. The maximum absolute atomic E-state index is 13.0. The average molecular weight is 276 g/mol. The predicted molar refractivity (Wildman–Crippen MR) is 67.8 cm³/mol. The van der Waals surface area contributed by atoms with Crippen molar-refractivity contribution >= 4 is 17.5 Å². The van der Waals surface area contributed by atoms with Gasteiger partial charge in [-0.3, -0.25) is 4.79 Å². The Bertz CT molecular complexity index is 435. The van der Waals surface area contributed by atoms with Gasteiger partial charge in [0.1, 0.15) is 0 Å². The number of nitrogens with one attached hydrogen (secondary N) is 1. The monoisotopic (exact) mass is 275 g/mol. The Balaban J connectivity index is 2.59. The molecule has 0 aromatic heterocycles.